The van der Waals surface area contributed by atoms with E-state index in [0.717, 1.165) is 57.9 Å². The van der Waals surface area contributed by atoms with Gasteiger partial charge < -0.3 is 9.80 Å². The van der Waals surface area contributed by atoms with Gasteiger partial charge in [-0.15, -0.1) is 11.3 Å². The number of anilines is 6. The van der Waals surface area contributed by atoms with Gasteiger partial charge in [0.15, 0.2) is 0 Å². The van der Waals surface area contributed by atoms with Crippen LogP contribution in [0.3, 0.4) is 0 Å². The molecule has 1 aliphatic carbocycles. The third-order valence-corrected chi connectivity index (χ3v) is 12.9. The first-order chi connectivity index (χ1) is 30.2. The Hall–Kier alpha value is -7.46. The van der Waals surface area contributed by atoms with E-state index >= 15 is 0 Å². The van der Waals surface area contributed by atoms with Gasteiger partial charge in [0.2, 0.25) is 0 Å². The molecule has 2 nitrogen and oxygen atoms in total. The smallest absolute Gasteiger partial charge is 0.0640 e. The van der Waals surface area contributed by atoms with E-state index in [1.807, 2.05) is 23.5 Å². The number of thiophene rings is 1. The van der Waals surface area contributed by atoms with Crippen LogP contribution in [0.25, 0.3) is 60.8 Å². The van der Waals surface area contributed by atoms with Gasteiger partial charge in [-0.05, 0) is 118 Å². The number of allylic oxidation sites excluding steroid dienone is 4. The molecule has 292 valence electrons. The molecule has 8 aromatic carbocycles. The minimum Gasteiger partial charge on any atom is -0.311 e. The highest BCUT2D eigenvalue weighted by Crippen LogP contribution is 2.43. The summed E-state index contributed by atoms with van der Waals surface area (Å²) in [5, 5.41) is 5.17. The molecule has 0 atom stereocenters. The highest BCUT2D eigenvalue weighted by atomic mass is 32.1. The van der Waals surface area contributed by atoms with Gasteiger partial charge in [0.05, 0.1) is 16.1 Å². The molecule has 1 aliphatic rings. The van der Waals surface area contributed by atoms with E-state index in [-0.39, 0.29) is 0 Å². The Labute approximate surface area is 361 Å². The maximum atomic E-state index is 4.02. The molecule has 61 heavy (non-hydrogen) atoms. The lowest BCUT2D eigenvalue weighted by molar-refractivity contribution is 1.13. The maximum absolute atomic E-state index is 4.02. The number of fused-ring (bicyclic) bond motifs is 4. The molecule has 3 heteroatoms. The van der Waals surface area contributed by atoms with Crippen LogP contribution < -0.4 is 19.6 Å². The van der Waals surface area contributed by atoms with Crippen molar-refractivity contribution in [2.75, 3.05) is 9.80 Å². The van der Waals surface area contributed by atoms with Crippen LogP contribution in [0.1, 0.15) is 18.4 Å². The van der Waals surface area contributed by atoms with Crippen LogP contribution in [-0.4, -0.2) is 0 Å². The fraction of sp³-hybridized carbons (Fsp3) is 0.0345. The molecule has 0 aliphatic heterocycles. The molecular formula is C58H44N2S. The first kappa shape index (κ1) is 37.8. The fourth-order valence-electron chi connectivity index (χ4n) is 8.63. The first-order valence-corrected chi connectivity index (χ1v) is 21.7. The molecule has 1 heterocycles. The van der Waals surface area contributed by atoms with Crippen LogP contribution in [0, 0.1) is 0 Å². The Balaban J connectivity index is 1.02. The molecule has 0 radical (unpaired) electrons. The van der Waals surface area contributed by atoms with Crippen LogP contribution in [-0.2, 0) is 0 Å². The first-order valence-electron chi connectivity index (χ1n) is 20.9. The summed E-state index contributed by atoms with van der Waals surface area (Å²) in [7, 11) is 0. The second-order valence-electron chi connectivity index (χ2n) is 15.3. The van der Waals surface area contributed by atoms with Gasteiger partial charge >= 0.3 is 0 Å². The van der Waals surface area contributed by atoms with Crippen molar-refractivity contribution in [2.24, 2.45) is 0 Å². The molecule has 0 saturated heterocycles. The Morgan fingerprint density at radius 1 is 0.459 bits per heavy atom. The Kier molecular flexibility index (Phi) is 10.3. The molecular weight excluding hydrogens is 757 g/mol. The zero-order valence-corrected chi connectivity index (χ0v) is 34.7. The number of rotatable bonds is 11. The van der Waals surface area contributed by atoms with E-state index in [2.05, 4.69) is 223 Å². The van der Waals surface area contributed by atoms with Crippen LogP contribution in [0.4, 0.5) is 34.1 Å². The number of nitrogens with zero attached hydrogens (tertiary/aromatic N) is 2. The largest absolute Gasteiger partial charge is 0.311 e. The predicted octanol–water partition coefficient (Wildman–Crippen LogP) is 15.4. The second-order valence-corrected chi connectivity index (χ2v) is 16.4. The van der Waals surface area contributed by atoms with Gasteiger partial charge in [0.1, 0.15) is 0 Å². The molecule has 0 amide bonds. The summed E-state index contributed by atoms with van der Waals surface area (Å²) in [5.74, 6) is 0. The Morgan fingerprint density at radius 2 is 0.967 bits per heavy atom. The van der Waals surface area contributed by atoms with E-state index in [1.54, 1.807) is 6.08 Å². The zero-order chi connectivity index (χ0) is 41.1. The summed E-state index contributed by atoms with van der Waals surface area (Å²) in [4.78, 5) is 4.77. The van der Waals surface area contributed by atoms with Crippen molar-refractivity contribution in [3.05, 3.63) is 235 Å². The molecule has 0 unspecified atom stereocenters. The van der Waals surface area contributed by atoms with Gasteiger partial charge in [0.25, 0.3) is 0 Å². The standard InChI is InChI=1S/C58H44N2S/c1-3-14-41(4-2)43-25-33-48(34-26-43)59(49-35-27-44(28-36-49)42-15-6-5-7-16-42)50-37-29-45(30-38-50)46-31-39-51(40-32-46)60(55-22-12-18-47-17-8-9-19-52(47)55)56-23-13-21-54-53-20-10-11-24-57(53)61-58(54)56/h3-9,12-40H,1-2,10-11H2/b41-14+. The molecule has 10 rings (SSSR count). The predicted molar refractivity (Wildman–Crippen MR) is 265 cm³/mol. The minimum atomic E-state index is 1.04. The lowest BCUT2D eigenvalue weighted by atomic mass is 10.0. The summed E-state index contributed by atoms with van der Waals surface area (Å²) in [5.41, 5.74) is 13.6. The Morgan fingerprint density at radius 3 is 1.61 bits per heavy atom. The third-order valence-electron chi connectivity index (χ3n) is 11.6. The van der Waals surface area contributed by atoms with Crippen molar-refractivity contribution < 1.29 is 0 Å². The van der Waals surface area contributed by atoms with Gasteiger partial charge in [-0.25, -0.2) is 0 Å². The molecule has 1 aromatic heterocycles. The summed E-state index contributed by atoms with van der Waals surface area (Å²) in [6.45, 7) is 7.91. The van der Waals surface area contributed by atoms with E-state index in [0.29, 0.717) is 0 Å². The monoisotopic (exact) mass is 800 g/mol. The van der Waals surface area contributed by atoms with Crippen LogP contribution >= 0.6 is 11.3 Å². The average Bonchev–Trinajstić information content (AvgIpc) is 3.72. The lowest BCUT2D eigenvalue weighted by Crippen LogP contribution is -2.20. The normalized spacial score (nSPS) is 12.3. The summed E-state index contributed by atoms with van der Waals surface area (Å²) < 4.78 is 2.70. The molecule has 0 N–H and O–H groups in total. The summed E-state index contributed by atoms with van der Waals surface area (Å²) >= 11 is 1.91. The van der Waals surface area contributed by atoms with Crippen molar-refractivity contribution in [1.29, 1.82) is 0 Å². The second kappa shape index (κ2) is 16.7. The highest BCUT2D eigenvalue weighted by Gasteiger charge is 2.20. The minimum absolute atomic E-state index is 1.04. The van der Waals surface area contributed by atoms with Crippen LogP contribution in [0.5, 0.6) is 0 Å². The molecule has 0 saturated carbocycles. The maximum Gasteiger partial charge on any atom is 0.0640 e. The fourth-order valence-corrected chi connectivity index (χ4v) is 9.91. The molecule has 0 bridgehead atoms. The van der Waals surface area contributed by atoms with Crippen molar-refractivity contribution in [3.63, 3.8) is 0 Å². The lowest BCUT2D eigenvalue weighted by Gasteiger charge is -2.27. The summed E-state index contributed by atoms with van der Waals surface area (Å²) in [6, 6.07) is 68.1. The van der Waals surface area contributed by atoms with E-state index in [9.17, 15) is 0 Å². The van der Waals surface area contributed by atoms with E-state index in [4.69, 9.17) is 0 Å². The van der Waals surface area contributed by atoms with E-state index < -0.39 is 0 Å². The topological polar surface area (TPSA) is 6.48 Å². The number of hydrogen-bond donors (Lipinski definition) is 0. The average molecular weight is 801 g/mol. The molecule has 9 aromatic rings. The number of hydrogen-bond acceptors (Lipinski definition) is 3. The van der Waals surface area contributed by atoms with Crippen molar-refractivity contribution in [1.82, 2.24) is 0 Å². The zero-order valence-electron chi connectivity index (χ0n) is 33.9. The van der Waals surface area contributed by atoms with Gasteiger partial charge in [0, 0.05) is 38.1 Å². The Bertz CT molecular complexity index is 3190. The van der Waals surface area contributed by atoms with Crippen LogP contribution in [0.15, 0.2) is 219 Å². The van der Waals surface area contributed by atoms with Crippen molar-refractivity contribution >= 4 is 84.0 Å². The molecule has 0 fully saturated rings. The van der Waals surface area contributed by atoms with Crippen LogP contribution in [0.2, 0.25) is 0 Å². The number of benzene rings is 8. The van der Waals surface area contributed by atoms with Crippen molar-refractivity contribution in [2.45, 2.75) is 12.8 Å². The van der Waals surface area contributed by atoms with Gasteiger partial charge in [-0.2, -0.15) is 0 Å². The van der Waals surface area contributed by atoms with Gasteiger partial charge in [-0.3, -0.25) is 0 Å². The SMILES string of the molecule is C=C/C=C(\C=C)c1ccc(N(c2ccc(-c3ccccc3)cc2)c2ccc(-c3ccc(N(c4cccc5ccccc45)c4cccc5c6c(sc45)=CCCC=6)cc3)cc2)cc1. The van der Waals surface area contributed by atoms with Crippen molar-refractivity contribution in [3.8, 4) is 22.3 Å². The van der Waals surface area contributed by atoms with E-state index in [1.165, 1.54) is 53.1 Å². The molecule has 0 spiro atoms. The highest BCUT2D eigenvalue weighted by molar-refractivity contribution is 7.17. The summed E-state index contributed by atoms with van der Waals surface area (Å²) in [6.07, 6.45) is 12.7. The quantitative estimate of drug-likeness (QED) is 0.120. The third kappa shape index (κ3) is 7.31. The van der Waals surface area contributed by atoms with Gasteiger partial charge in [-0.1, -0.05) is 171 Å².